The lowest BCUT2D eigenvalue weighted by atomic mass is 10.0. The minimum Gasteiger partial charge on any atom is -0.493 e. The van der Waals surface area contributed by atoms with Gasteiger partial charge in [0.2, 0.25) is 11.5 Å². The van der Waals surface area contributed by atoms with Crippen molar-refractivity contribution in [1.29, 1.82) is 0 Å². The molecular weight excluding hydrogens is 628 g/mol. The zero-order valence-corrected chi connectivity index (χ0v) is 28.8. The molecule has 1 aliphatic rings. The molecule has 1 aliphatic heterocycles. The minimum atomic E-state index is -0.402. The monoisotopic (exact) mass is 670 g/mol. The van der Waals surface area contributed by atoms with E-state index in [1.165, 1.54) is 0 Å². The van der Waals surface area contributed by atoms with Crippen LogP contribution >= 0.6 is 0 Å². The molecule has 1 heterocycles. The van der Waals surface area contributed by atoms with Crippen molar-refractivity contribution in [3.63, 3.8) is 0 Å². The van der Waals surface area contributed by atoms with Crippen LogP contribution in [0.1, 0.15) is 45.2 Å². The molecule has 0 aromatic heterocycles. The van der Waals surface area contributed by atoms with Crippen molar-refractivity contribution in [2.45, 2.75) is 19.5 Å². The molecule has 4 aromatic carbocycles. The topological polar surface area (TPSA) is 115 Å². The number of nitrogens with one attached hydrogen (secondary N) is 2. The van der Waals surface area contributed by atoms with Crippen LogP contribution in [-0.4, -0.2) is 61.8 Å². The molecule has 1 atom stereocenters. The van der Waals surface area contributed by atoms with E-state index in [1.54, 1.807) is 42.7 Å². The Labute approximate surface area is 286 Å². The van der Waals surface area contributed by atoms with E-state index in [2.05, 4.69) is 10.6 Å². The smallest absolute Gasteiger partial charge is 0.255 e. The Hall–Kier alpha value is -5.71. The molecule has 0 bridgehead atoms. The minimum absolute atomic E-state index is 0.128. The molecular formula is C38H42N2O9. The predicted molar refractivity (Wildman–Crippen MR) is 188 cm³/mol. The average molecular weight is 671 g/mol. The standard InChI is InChI=1S/C38H42N2O9/c1-23-9-13-28-27(17-23)38(41)40-37(39-28)26-12-14-29(30(22-26)42-2)48-15-8-16-49-36-33(45-5)20-25(21-34(36)46-6)11-10-24-18-31(43-3)35(47-7)32(19-24)44-4/h9-14,17-22,37,39H,8,15-16H2,1-7H3,(H,40,41). The molecule has 0 saturated heterocycles. The first-order valence-corrected chi connectivity index (χ1v) is 15.7. The maximum atomic E-state index is 12.7. The third-order valence-corrected chi connectivity index (χ3v) is 7.95. The van der Waals surface area contributed by atoms with Crippen LogP contribution in [0.25, 0.3) is 12.2 Å². The van der Waals surface area contributed by atoms with Gasteiger partial charge < -0.3 is 48.5 Å². The number of carbonyl (C=O) groups is 1. The van der Waals surface area contributed by atoms with Crippen molar-refractivity contribution in [3.8, 4) is 46.0 Å². The zero-order chi connectivity index (χ0) is 34.9. The highest BCUT2D eigenvalue weighted by atomic mass is 16.5. The third kappa shape index (κ3) is 7.89. The number of amides is 1. The van der Waals surface area contributed by atoms with Crippen molar-refractivity contribution in [2.75, 3.05) is 61.2 Å². The third-order valence-electron chi connectivity index (χ3n) is 7.95. The number of methoxy groups -OCH3 is 6. The molecule has 0 aliphatic carbocycles. The molecule has 0 fully saturated rings. The van der Waals surface area contributed by atoms with Crippen LogP contribution in [0.2, 0.25) is 0 Å². The van der Waals surface area contributed by atoms with E-state index < -0.39 is 6.17 Å². The molecule has 0 spiro atoms. The maximum absolute atomic E-state index is 12.7. The highest BCUT2D eigenvalue weighted by molar-refractivity contribution is 6.01. The second-order valence-corrected chi connectivity index (χ2v) is 11.1. The highest BCUT2D eigenvalue weighted by Crippen LogP contribution is 2.41. The summed E-state index contributed by atoms with van der Waals surface area (Å²) in [6, 6.07) is 18.8. The summed E-state index contributed by atoms with van der Waals surface area (Å²) in [5.74, 6) is 4.23. The van der Waals surface area contributed by atoms with Crippen molar-refractivity contribution >= 4 is 23.7 Å². The van der Waals surface area contributed by atoms with Crippen LogP contribution in [0, 0.1) is 6.92 Å². The Kier molecular flexibility index (Phi) is 11.3. The molecule has 11 heteroatoms. The summed E-state index contributed by atoms with van der Waals surface area (Å²) in [7, 11) is 9.49. The normalized spacial score (nSPS) is 13.5. The molecule has 0 saturated carbocycles. The fourth-order valence-corrected chi connectivity index (χ4v) is 5.47. The lowest BCUT2D eigenvalue weighted by molar-refractivity contribution is 0.0935. The summed E-state index contributed by atoms with van der Waals surface area (Å²) in [4.78, 5) is 12.7. The van der Waals surface area contributed by atoms with Crippen LogP contribution in [0.3, 0.4) is 0 Å². The van der Waals surface area contributed by atoms with Gasteiger partial charge in [-0.05, 0) is 72.1 Å². The predicted octanol–water partition coefficient (Wildman–Crippen LogP) is 6.92. The summed E-state index contributed by atoms with van der Waals surface area (Å²) in [5, 5.41) is 6.39. The van der Waals surface area contributed by atoms with Gasteiger partial charge in [0.1, 0.15) is 6.17 Å². The number of anilines is 1. The maximum Gasteiger partial charge on any atom is 0.255 e. The van der Waals surface area contributed by atoms with Gasteiger partial charge in [0.25, 0.3) is 5.91 Å². The fourth-order valence-electron chi connectivity index (χ4n) is 5.47. The number of hydrogen-bond acceptors (Lipinski definition) is 10. The summed E-state index contributed by atoms with van der Waals surface area (Å²) < 4.78 is 45.4. The number of ether oxygens (including phenoxy) is 8. The summed E-state index contributed by atoms with van der Waals surface area (Å²) in [5.41, 5.74) is 4.98. The van der Waals surface area contributed by atoms with Crippen LogP contribution in [0.5, 0.6) is 46.0 Å². The Morgan fingerprint density at radius 2 is 1.16 bits per heavy atom. The number of aryl methyl sites for hydroxylation is 1. The van der Waals surface area contributed by atoms with Crippen molar-refractivity contribution in [2.24, 2.45) is 0 Å². The van der Waals surface area contributed by atoms with Gasteiger partial charge in [-0.2, -0.15) is 0 Å². The van der Waals surface area contributed by atoms with E-state index in [4.69, 9.17) is 37.9 Å². The van der Waals surface area contributed by atoms with Gasteiger partial charge in [-0.25, -0.2) is 0 Å². The van der Waals surface area contributed by atoms with E-state index in [-0.39, 0.29) is 5.91 Å². The van der Waals surface area contributed by atoms with Crippen LogP contribution in [-0.2, 0) is 0 Å². The summed E-state index contributed by atoms with van der Waals surface area (Å²) in [6.07, 6.45) is 4.04. The van der Waals surface area contributed by atoms with Gasteiger partial charge in [-0.15, -0.1) is 0 Å². The first kappa shape index (κ1) is 34.6. The molecule has 1 amide bonds. The van der Waals surface area contributed by atoms with E-state index in [0.29, 0.717) is 71.2 Å². The molecule has 2 N–H and O–H groups in total. The van der Waals surface area contributed by atoms with E-state index in [0.717, 1.165) is 27.9 Å². The van der Waals surface area contributed by atoms with Gasteiger partial charge in [0, 0.05) is 12.1 Å². The number of fused-ring (bicyclic) bond motifs is 1. The van der Waals surface area contributed by atoms with Crippen molar-refractivity contribution < 1.29 is 42.7 Å². The molecule has 1 unspecified atom stereocenters. The number of hydrogen-bond donors (Lipinski definition) is 2. The molecule has 0 radical (unpaired) electrons. The van der Waals surface area contributed by atoms with Crippen LogP contribution < -0.4 is 48.5 Å². The van der Waals surface area contributed by atoms with E-state index in [9.17, 15) is 4.79 Å². The average Bonchev–Trinajstić information content (AvgIpc) is 3.13. The lowest BCUT2D eigenvalue weighted by Crippen LogP contribution is -2.38. The largest absolute Gasteiger partial charge is 0.493 e. The van der Waals surface area contributed by atoms with Gasteiger partial charge in [0.15, 0.2) is 34.5 Å². The number of carbonyl (C=O) groups excluding carboxylic acids is 1. The fraction of sp³-hybridized carbons (Fsp3) is 0.289. The highest BCUT2D eigenvalue weighted by Gasteiger charge is 2.25. The quantitative estimate of drug-likeness (QED) is 0.102. The zero-order valence-electron chi connectivity index (χ0n) is 28.8. The van der Waals surface area contributed by atoms with Crippen LogP contribution in [0.4, 0.5) is 5.69 Å². The summed E-state index contributed by atoms with van der Waals surface area (Å²) in [6.45, 7) is 2.69. The second kappa shape index (κ2) is 15.9. The number of benzene rings is 4. The Bertz CT molecular complexity index is 1770. The van der Waals surface area contributed by atoms with Crippen molar-refractivity contribution in [3.05, 3.63) is 88.5 Å². The van der Waals surface area contributed by atoms with Crippen molar-refractivity contribution in [1.82, 2.24) is 5.32 Å². The lowest BCUT2D eigenvalue weighted by Gasteiger charge is -2.28. The molecule has 11 nitrogen and oxygen atoms in total. The van der Waals surface area contributed by atoms with Gasteiger partial charge in [0.05, 0.1) is 61.4 Å². The van der Waals surface area contributed by atoms with Crippen LogP contribution in [0.15, 0.2) is 60.7 Å². The van der Waals surface area contributed by atoms with Gasteiger partial charge >= 0.3 is 0 Å². The Morgan fingerprint density at radius 3 is 1.73 bits per heavy atom. The summed E-state index contributed by atoms with van der Waals surface area (Å²) >= 11 is 0. The van der Waals surface area contributed by atoms with Gasteiger partial charge in [-0.1, -0.05) is 29.8 Å². The van der Waals surface area contributed by atoms with E-state index >= 15 is 0 Å². The molecule has 5 rings (SSSR count). The second-order valence-electron chi connectivity index (χ2n) is 11.1. The number of rotatable bonds is 15. The first-order valence-electron chi connectivity index (χ1n) is 15.7. The molecule has 49 heavy (non-hydrogen) atoms. The molecule has 4 aromatic rings. The molecule has 258 valence electrons. The first-order chi connectivity index (χ1) is 23.8. The van der Waals surface area contributed by atoms with E-state index in [1.807, 2.05) is 79.7 Å². The Morgan fingerprint density at radius 1 is 0.592 bits per heavy atom. The van der Waals surface area contributed by atoms with Gasteiger partial charge in [-0.3, -0.25) is 4.79 Å². The Balaban J connectivity index is 1.20. The SMILES string of the molecule is COc1cc(C2NC(=O)c3cc(C)ccc3N2)ccc1OCCCOc1c(OC)cc(C=Cc2cc(OC)c(OC)c(OC)c2)cc1OC.